The maximum absolute atomic E-state index is 14.5. The lowest BCUT2D eigenvalue weighted by atomic mass is 9.94. The molecule has 0 aliphatic carbocycles. The van der Waals surface area contributed by atoms with Crippen molar-refractivity contribution in [3.63, 3.8) is 0 Å². The first-order valence-electron chi connectivity index (χ1n) is 8.49. The summed E-state index contributed by atoms with van der Waals surface area (Å²) >= 11 is 0. The Kier molecular flexibility index (Phi) is 3.95. The summed E-state index contributed by atoms with van der Waals surface area (Å²) in [6.07, 6.45) is 0.231. The van der Waals surface area contributed by atoms with Gasteiger partial charge in [0.1, 0.15) is 17.4 Å². The van der Waals surface area contributed by atoms with Gasteiger partial charge in [0.2, 0.25) is 0 Å². The molecular formula is C20H17F2N3O2. The molecule has 5 nitrogen and oxygen atoms in total. The van der Waals surface area contributed by atoms with Crippen LogP contribution in [0.1, 0.15) is 28.2 Å². The second-order valence-electron chi connectivity index (χ2n) is 6.58. The van der Waals surface area contributed by atoms with Crippen LogP contribution in [0.25, 0.3) is 11.1 Å². The molecule has 138 valence electrons. The van der Waals surface area contributed by atoms with Gasteiger partial charge in [-0.05, 0) is 37.6 Å². The van der Waals surface area contributed by atoms with E-state index in [1.807, 2.05) is 13.0 Å². The summed E-state index contributed by atoms with van der Waals surface area (Å²) in [4.78, 5) is 14.0. The summed E-state index contributed by atoms with van der Waals surface area (Å²) in [6, 6.07) is 7.36. The quantitative estimate of drug-likeness (QED) is 0.671. The monoisotopic (exact) mass is 369 g/mol. The van der Waals surface area contributed by atoms with Crippen molar-refractivity contribution < 1.29 is 18.1 Å². The van der Waals surface area contributed by atoms with E-state index in [1.54, 1.807) is 24.0 Å². The number of fused-ring (bicyclic) bond motifs is 1. The van der Waals surface area contributed by atoms with Gasteiger partial charge >= 0.3 is 0 Å². The van der Waals surface area contributed by atoms with Crippen LogP contribution in [-0.4, -0.2) is 17.5 Å². The Labute approximate surface area is 154 Å². The van der Waals surface area contributed by atoms with Crippen molar-refractivity contribution in [3.05, 3.63) is 59.0 Å². The number of benzene rings is 2. The number of aromatic nitrogens is 1. The number of Topliss-reactive ketones (excluding diaryl/α,β-unsaturated/α-hetero) is 1. The van der Waals surface area contributed by atoms with Crippen molar-refractivity contribution in [1.82, 2.24) is 5.16 Å². The average Bonchev–Trinajstić information content (AvgIpc) is 2.97. The molecule has 2 aromatic carbocycles. The van der Waals surface area contributed by atoms with Crippen LogP contribution >= 0.6 is 0 Å². The van der Waals surface area contributed by atoms with Crippen LogP contribution < -0.4 is 10.6 Å². The van der Waals surface area contributed by atoms with Gasteiger partial charge in [-0.1, -0.05) is 11.2 Å². The standard InChI is InChI=1S/C20H17F2N3O2/c1-10-20(11(2)27-24-10)12-3-4-13-17(7-12)25(6-5-19(13)26)18-9-16(23)14(21)8-15(18)22/h3-4,7-9H,5-6,23H2,1-2H3. The van der Waals surface area contributed by atoms with Crippen molar-refractivity contribution in [2.45, 2.75) is 20.3 Å². The molecule has 2 heterocycles. The van der Waals surface area contributed by atoms with E-state index in [0.29, 0.717) is 17.0 Å². The van der Waals surface area contributed by atoms with E-state index in [9.17, 15) is 13.6 Å². The fourth-order valence-corrected chi connectivity index (χ4v) is 3.52. The Morgan fingerprint density at radius 3 is 2.59 bits per heavy atom. The highest BCUT2D eigenvalue weighted by molar-refractivity contribution is 6.05. The van der Waals surface area contributed by atoms with Crippen LogP contribution in [0.3, 0.4) is 0 Å². The highest BCUT2D eigenvalue weighted by Crippen LogP contribution is 2.39. The molecule has 4 rings (SSSR count). The van der Waals surface area contributed by atoms with Crippen molar-refractivity contribution in [2.24, 2.45) is 0 Å². The molecule has 0 bridgehead atoms. The molecule has 27 heavy (non-hydrogen) atoms. The number of aryl methyl sites for hydroxylation is 2. The smallest absolute Gasteiger partial charge is 0.166 e. The predicted octanol–water partition coefficient (Wildman–Crippen LogP) is 4.54. The molecule has 0 fully saturated rings. The van der Waals surface area contributed by atoms with Crippen molar-refractivity contribution >= 4 is 22.8 Å². The highest BCUT2D eigenvalue weighted by atomic mass is 19.1. The maximum atomic E-state index is 14.5. The van der Waals surface area contributed by atoms with Crippen LogP contribution in [0.5, 0.6) is 0 Å². The number of nitrogen functional groups attached to an aromatic ring is 1. The Balaban J connectivity index is 1.90. The fraction of sp³-hybridized carbons (Fsp3) is 0.200. The van der Waals surface area contributed by atoms with Gasteiger partial charge in [0, 0.05) is 30.2 Å². The molecule has 0 saturated heterocycles. The van der Waals surface area contributed by atoms with Crippen LogP contribution in [-0.2, 0) is 0 Å². The Morgan fingerprint density at radius 2 is 1.89 bits per heavy atom. The van der Waals surface area contributed by atoms with Gasteiger partial charge < -0.3 is 15.2 Å². The highest BCUT2D eigenvalue weighted by Gasteiger charge is 2.27. The molecule has 3 aromatic rings. The van der Waals surface area contributed by atoms with Gasteiger partial charge in [-0.25, -0.2) is 8.78 Å². The number of rotatable bonds is 2. The minimum Gasteiger partial charge on any atom is -0.396 e. The minimum absolute atomic E-state index is 0.0259. The fourth-order valence-electron chi connectivity index (χ4n) is 3.52. The van der Waals surface area contributed by atoms with Gasteiger partial charge in [0.25, 0.3) is 0 Å². The zero-order chi connectivity index (χ0) is 19.3. The second kappa shape index (κ2) is 6.19. The summed E-state index contributed by atoms with van der Waals surface area (Å²) in [6.45, 7) is 3.91. The minimum atomic E-state index is -0.811. The second-order valence-corrected chi connectivity index (χ2v) is 6.58. The number of halogens is 2. The van der Waals surface area contributed by atoms with Crippen molar-refractivity contribution in [3.8, 4) is 11.1 Å². The van der Waals surface area contributed by atoms with Gasteiger partial charge in [0.05, 0.1) is 22.8 Å². The van der Waals surface area contributed by atoms with Crippen LogP contribution in [0.15, 0.2) is 34.9 Å². The van der Waals surface area contributed by atoms with Gasteiger partial charge in [-0.3, -0.25) is 4.79 Å². The van der Waals surface area contributed by atoms with Crippen LogP contribution in [0, 0.1) is 25.5 Å². The predicted molar refractivity (Wildman–Crippen MR) is 98.1 cm³/mol. The molecule has 7 heteroatoms. The maximum Gasteiger partial charge on any atom is 0.166 e. The summed E-state index contributed by atoms with van der Waals surface area (Å²) in [7, 11) is 0. The largest absolute Gasteiger partial charge is 0.396 e. The van der Waals surface area contributed by atoms with E-state index in [4.69, 9.17) is 10.3 Å². The van der Waals surface area contributed by atoms with Crippen molar-refractivity contribution in [2.75, 3.05) is 17.2 Å². The third-order valence-electron chi connectivity index (χ3n) is 4.83. The lowest BCUT2D eigenvalue weighted by Crippen LogP contribution is -2.29. The molecule has 0 spiro atoms. The third-order valence-corrected chi connectivity index (χ3v) is 4.83. The summed E-state index contributed by atoms with van der Waals surface area (Å²) in [5, 5.41) is 3.96. The molecule has 0 unspecified atom stereocenters. The molecule has 0 amide bonds. The zero-order valence-electron chi connectivity index (χ0n) is 14.8. The first kappa shape index (κ1) is 17.2. The molecular weight excluding hydrogens is 352 g/mol. The van der Waals surface area contributed by atoms with Gasteiger partial charge in [-0.15, -0.1) is 0 Å². The summed E-state index contributed by atoms with van der Waals surface area (Å²) in [5.74, 6) is -0.917. The normalized spacial score (nSPS) is 13.8. The zero-order valence-corrected chi connectivity index (χ0v) is 14.8. The average molecular weight is 369 g/mol. The van der Waals surface area contributed by atoms with Gasteiger partial charge in [0.15, 0.2) is 5.78 Å². The first-order chi connectivity index (χ1) is 12.9. The lowest BCUT2D eigenvalue weighted by Gasteiger charge is -2.31. The topological polar surface area (TPSA) is 72.4 Å². The molecule has 0 radical (unpaired) electrons. The molecule has 1 aromatic heterocycles. The van der Waals surface area contributed by atoms with E-state index in [-0.39, 0.29) is 30.1 Å². The van der Waals surface area contributed by atoms with Crippen LogP contribution in [0.2, 0.25) is 0 Å². The van der Waals surface area contributed by atoms with E-state index in [0.717, 1.165) is 22.9 Å². The van der Waals surface area contributed by atoms with E-state index in [2.05, 4.69) is 5.16 Å². The van der Waals surface area contributed by atoms with E-state index >= 15 is 0 Å². The summed E-state index contributed by atoms with van der Waals surface area (Å²) < 4.78 is 33.3. The number of nitrogens with two attached hydrogens (primary N) is 1. The van der Waals surface area contributed by atoms with Gasteiger partial charge in [-0.2, -0.15) is 0 Å². The Hall–Kier alpha value is -3.22. The molecule has 1 aliphatic heterocycles. The number of ketones is 1. The van der Waals surface area contributed by atoms with Crippen molar-refractivity contribution in [1.29, 1.82) is 0 Å². The Morgan fingerprint density at radius 1 is 1.11 bits per heavy atom. The van der Waals surface area contributed by atoms with Crippen LogP contribution in [0.4, 0.5) is 25.8 Å². The Bertz CT molecular complexity index is 1060. The number of carbonyl (C=O) groups is 1. The SMILES string of the molecule is Cc1noc(C)c1-c1ccc2c(c1)N(c1cc(N)c(F)cc1F)CCC2=O. The molecule has 1 aliphatic rings. The lowest BCUT2D eigenvalue weighted by molar-refractivity contribution is 0.0981. The molecule has 0 atom stereocenters. The third kappa shape index (κ3) is 2.75. The number of hydrogen-bond donors (Lipinski definition) is 1. The number of nitrogens with zero attached hydrogens (tertiary/aromatic N) is 2. The molecule has 0 saturated carbocycles. The molecule has 2 N–H and O–H groups in total. The van der Waals surface area contributed by atoms with E-state index in [1.165, 1.54) is 6.07 Å². The first-order valence-corrected chi connectivity index (χ1v) is 8.49. The number of carbonyl (C=O) groups excluding carboxylic acids is 1. The van der Waals surface area contributed by atoms with E-state index < -0.39 is 11.6 Å². The number of hydrogen-bond acceptors (Lipinski definition) is 5. The summed E-state index contributed by atoms with van der Waals surface area (Å²) in [5.41, 5.74) is 9.02. The number of anilines is 3.